The van der Waals surface area contributed by atoms with Crippen LogP contribution >= 0.6 is 0 Å². The van der Waals surface area contributed by atoms with Gasteiger partial charge >= 0.3 is 5.97 Å². The Labute approximate surface area is 189 Å². The van der Waals surface area contributed by atoms with Crippen LogP contribution < -0.4 is 14.2 Å². The largest absolute Gasteiger partial charge is 0.421 e. The Balaban J connectivity index is 1.54. The average molecular weight is 431 g/mol. The van der Waals surface area contributed by atoms with Crippen LogP contribution in [0.15, 0.2) is 91.0 Å². The lowest BCUT2D eigenvalue weighted by Gasteiger charge is -2.37. The van der Waals surface area contributed by atoms with E-state index in [1.165, 1.54) is 0 Å². The summed E-state index contributed by atoms with van der Waals surface area (Å²) in [4.78, 5) is 0. The lowest BCUT2D eigenvalue weighted by Crippen LogP contribution is -2.51. The number of fused-ring (bicyclic) bond motifs is 1. The average Bonchev–Trinajstić information content (AvgIpc) is 3.13. The van der Waals surface area contributed by atoms with Gasteiger partial charge in [-0.1, -0.05) is 68.4 Å². The van der Waals surface area contributed by atoms with E-state index in [9.17, 15) is 5.11 Å². The van der Waals surface area contributed by atoms with Crippen molar-refractivity contribution in [1.82, 2.24) is 0 Å². The smallest absolute Gasteiger partial charge is 0.417 e. The molecule has 0 aromatic heterocycles. The van der Waals surface area contributed by atoms with Gasteiger partial charge in [-0.3, -0.25) is 0 Å². The number of aliphatic hydroxyl groups is 1. The van der Waals surface area contributed by atoms with Crippen LogP contribution in [0, 0.1) is 23.2 Å². The van der Waals surface area contributed by atoms with Crippen molar-refractivity contribution in [3.63, 3.8) is 0 Å². The van der Waals surface area contributed by atoms with Gasteiger partial charge in [0.05, 0.1) is 12.5 Å². The zero-order chi connectivity index (χ0) is 22.2. The molecule has 2 aliphatic rings. The molecule has 0 saturated heterocycles. The van der Waals surface area contributed by atoms with E-state index >= 15 is 0 Å². The highest BCUT2D eigenvalue weighted by Crippen LogP contribution is 2.70. The van der Waals surface area contributed by atoms with Crippen molar-refractivity contribution in [2.75, 3.05) is 0 Å². The predicted molar refractivity (Wildman–Crippen MR) is 123 cm³/mol. The number of hydrogen-bond donors (Lipinski definition) is 1. The fourth-order valence-corrected chi connectivity index (χ4v) is 5.50. The quantitative estimate of drug-likeness (QED) is 0.451. The van der Waals surface area contributed by atoms with Crippen LogP contribution in [0.4, 0.5) is 0 Å². The van der Waals surface area contributed by atoms with E-state index < -0.39 is 12.1 Å². The molecule has 3 aromatic carbocycles. The van der Waals surface area contributed by atoms with E-state index in [1.54, 1.807) is 0 Å². The molecule has 32 heavy (non-hydrogen) atoms. The summed E-state index contributed by atoms with van der Waals surface area (Å²) in [6.07, 6.45) is 0.841. The highest BCUT2D eigenvalue weighted by atomic mass is 16.9. The van der Waals surface area contributed by atoms with E-state index in [-0.39, 0.29) is 11.3 Å². The van der Waals surface area contributed by atoms with Gasteiger partial charge in [0.1, 0.15) is 17.2 Å². The highest BCUT2D eigenvalue weighted by molar-refractivity contribution is 5.27. The number of hydrogen-bond acceptors (Lipinski definition) is 4. The van der Waals surface area contributed by atoms with Gasteiger partial charge in [0.2, 0.25) is 0 Å². The highest BCUT2D eigenvalue weighted by Gasteiger charge is 2.68. The normalized spacial score (nSPS) is 25.6. The molecule has 0 spiro atoms. The zero-order valence-electron chi connectivity index (χ0n) is 18.6. The van der Waals surface area contributed by atoms with Crippen LogP contribution in [0.1, 0.15) is 26.7 Å². The number of aliphatic hydroxyl groups excluding tert-OH is 1. The molecular formula is C28H30O4. The maximum Gasteiger partial charge on any atom is 0.417 e. The van der Waals surface area contributed by atoms with Crippen molar-refractivity contribution >= 4 is 0 Å². The lowest BCUT2D eigenvalue weighted by atomic mass is 9.87. The summed E-state index contributed by atoms with van der Waals surface area (Å²) in [6.45, 7) is 4.58. The van der Waals surface area contributed by atoms with Crippen LogP contribution in [0.25, 0.3) is 0 Å². The first kappa shape index (κ1) is 20.9. The standard InChI is InChI=1S/C28H30O4/c1-27(2)24-18-25(29)23(26(24)27)19-28(30-20-12-6-3-7-13-20,31-21-14-8-4-9-15-21)32-22-16-10-5-11-17-22/h3-17,23-26,29H,18-19H2,1-2H3/t23-,24+,25-,26-/m1/s1. The summed E-state index contributed by atoms with van der Waals surface area (Å²) in [6, 6.07) is 28.8. The molecular weight excluding hydrogens is 400 g/mol. The number of para-hydroxylation sites is 3. The van der Waals surface area contributed by atoms with E-state index in [0.717, 1.165) is 6.42 Å². The molecule has 4 atom stereocenters. The topological polar surface area (TPSA) is 47.9 Å². The van der Waals surface area contributed by atoms with Crippen LogP contribution in [0.2, 0.25) is 0 Å². The predicted octanol–water partition coefficient (Wildman–Crippen LogP) is 5.92. The Morgan fingerprint density at radius 2 is 1.16 bits per heavy atom. The maximum atomic E-state index is 10.9. The van der Waals surface area contributed by atoms with E-state index in [4.69, 9.17) is 14.2 Å². The Bertz CT molecular complexity index is 918. The fourth-order valence-electron chi connectivity index (χ4n) is 5.50. The SMILES string of the molecule is CC1(C)[C@@H]2[C@H](CC(Oc3ccccc3)(Oc3ccccc3)Oc3ccccc3)[C@H](O)C[C@@H]21. The van der Waals surface area contributed by atoms with Gasteiger partial charge in [0.25, 0.3) is 0 Å². The molecule has 4 nitrogen and oxygen atoms in total. The van der Waals surface area contributed by atoms with Crippen molar-refractivity contribution in [2.45, 2.75) is 38.8 Å². The second-order valence-electron chi connectivity index (χ2n) is 9.55. The van der Waals surface area contributed by atoms with Gasteiger partial charge in [-0.05, 0) is 66.0 Å². The van der Waals surface area contributed by atoms with Gasteiger partial charge in [-0.25, -0.2) is 0 Å². The summed E-state index contributed by atoms with van der Waals surface area (Å²) in [5.41, 5.74) is 0.224. The number of rotatable bonds is 8. The van der Waals surface area contributed by atoms with E-state index in [1.807, 2.05) is 91.0 Å². The molecule has 4 heteroatoms. The van der Waals surface area contributed by atoms with Gasteiger partial charge < -0.3 is 19.3 Å². The minimum absolute atomic E-state index is 0.0196. The van der Waals surface area contributed by atoms with Crippen molar-refractivity contribution in [1.29, 1.82) is 0 Å². The summed E-state index contributed by atoms with van der Waals surface area (Å²) in [5.74, 6) is 1.50. The van der Waals surface area contributed by atoms with Crippen molar-refractivity contribution in [3.05, 3.63) is 91.0 Å². The number of ether oxygens (including phenoxy) is 3. The summed E-state index contributed by atoms with van der Waals surface area (Å²) < 4.78 is 19.5. The minimum atomic E-state index is -1.43. The van der Waals surface area contributed by atoms with Gasteiger partial charge in [-0.15, -0.1) is 0 Å². The first-order valence-electron chi connectivity index (χ1n) is 11.4. The van der Waals surface area contributed by atoms with Crippen molar-refractivity contribution in [2.24, 2.45) is 23.2 Å². The molecule has 1 N–H and O–H groups in total. The molecule has 2 saturated carbocycles. The summed E-state index contributed by atoms with van der Waals surface area (Å²) >= 11 is 0. The Kier molecular flexibility index (Phi) is 5.34. The summed E-state index contributed by atoms with van der Waals surface area (Å²) in [5, 5.41) is 10.9. The van der Waals surface area contributed by atoms with Crippen LogP contribution in [0.5, 0.6) is 17.2 Å². The molecule has 2 aliphatic carbocycles. The van der Waals surface area contributed by atoms with Crippen molar-refractivity contribution in [3.8, 4) is 17.2 Å². The molecule has 2 fully saturated rings. The molecule has 0 unspecified atom stereocenters. The second kappa shape index (κ2) is 8.18. The maximum absolute atomic E-state index is 10.9. The Hall–Kier alpha value is -2.98. The van der Waals surface area contributed by atoms with Crippen molar-refractivity contribution < 1.29 is 19.3 Å². The van der Waals surface area contributed by atoms with Crippen LogP contribution in [-0.2, 0) is 0 Å². The fraction of sp³-hybridized carbons (Fsp3) is 0.357. The third-order valence-electron chi connectivity index (χ3n) is 7.13. The molecule has 0 radical (unpaired) electrons. The van der Waals surface area contributed by atoms with E-state index in [0.29, 0.717) is 35.5 Å². The lowest BCUT2D eigenvalue weighted by molar-refractivity contribution is -0.266. The third-order valence-corrected chi connectivity index (χ3v) is 7.13. The Morgan fingerprint density at radius 1 is 0.750 bits per heavy atom. The first-order valence-corrected chi connectivity index (χ1v) is 11.4. The van der Waals surface area contributed by atoms with E-state index in [2.05, 4.69) is 13.8 Å². The van der Waals surface area contributed by atoms with Gasteiger partial charge in [0.15, 0.2) is 0 Å². The summed E-state index contributed by atoms with van der Waals surface area (Å²) in [7, 11) is 0. The molecule has 3 aromatic rings. The van der Waals surface area contributed by atoms with Gasteiger partial charge in [0, 0.05) is 0 Å². The second-order valence-corrected chi connectivity index (χ2v) is 9.55. The molecule has 0 heterocycles. The molecule has 0 amide bonds. The van der Waals surface area contributed by atoms with Crippen LogP contribution in [-0.4, -0.2) is 17.2 Å². The monoisotopic (exact) mass is 430 g/mol. The number of benzene rings is 3. The Morgan fingerprint density at radius 3 is 1.53 bits per heavy atom. The minimum Gasteiger partial charge on any atom is -0.421 e. The molecule has 166 valence electrons. The third kappa shape index (κ3) is 4.07. The first-order chi connectivity index (χ1) is 15.5. The molecule has 5 rings (SSSR count). The van der Waals surface area contributed by atoms with Crippen LogP contribution in [0.3, 0.4) is 0 Å². The zero-order valence-corrected chi connectivity index (χ0v) is 18.6. The molecule has 0 bridgehead atoms. The van der Waals surface area contributed by atoms with Gasteiger partial charge in [-0.2, -0.15) is 0 Å². The molecule has 0 aliphatic heterocycles.